The smallest absolute Gasteiger partial charge is 0.208 e. The van der Waals surface area contributed by atoms with E-state index in [9.17, 15) is 0 Å². The summed E-state index contributed by atoms with van der Waals surface area (Å²) in [4.78, 5) is 9.40. The average Bonchev–Trinajstić information content (AvgIpc) is 2.83. The third-order valence-corrected chi connectivity index (χ3v) is 3.60. The number of nitrogen functional groups attached to an aromatic ring is 1. The minimum Gasteiger partial charge on any atom is -0.300 e. The first kappa shape index (κ1) is 10.4. The molecule has 0 aliphatic carbocycles. The van der Waals surface area contributed by atoms with Gasteiger partial charge in [0, 0.05) is 16.8 Å². The highest BCUT2D eigenvalue weighted by atomic mass is 32.2. The zero-order chi connectivity index (χ0) is 10.7. The van der Waals surface area contributed by atoms with Crippen LogP contribution in [0, 0.1) is 6.92 Å². The van der Waals surface area contributed by atoms with Gasteiger partial charge in [-0.1, -0.05) is 11.8 Å². The molecule has 0 aliphatic heterocycles. The lowest BCUT2D eigenvalue weighted by Gasteiger charge is -1.91. The lowest BCUT2D eigenvalue weighted by Crippen LogP contribution is -2.05. The van der Waals surface area contributed by atoms with Gasteiger partial charge in [0.05, 0.1) is 0 Å². The van der Waals surface area contributed by atoms with E-state index in [0.29, 0.717) is 0 Å². The Kier molecular flexibility index (Phi) is 3.19. The molecule has 0 amide bonds. The van der Waals surface area contributed by atoms with Crippen molar-refractivity contribution in [1.82, 2.24) is 20.2 Å². The van der Waals surface area contributed by atoms with Crippen molar-refractivity contribution in [1.29, 1.82) is 0 Å². The molecule has 0 fully saturated rings. The number of hydrogen-bond acceptors (Lipinski definition) is 7. The molecule has 0 bridgehead atoms. The van der Waals surface area contributed by atoms with E-state index < -0.39 is 0 Å². The van der Waals surface area contributed by atoms with E-state index >= 15 is 0 Å². The number of nitrogens with zero attached hydrogens (tertiary/aromatic N) is 3. The van der Waals surface area contributed by atoms with Crippen LogP contribution in [-0.4, -0.2) is 20.2 Å². The van der Waals surface area contributed by atoms with Crippen molar-refractivity contribution in [2.75, 3.05) is 5.43 Å². The predicted octanol–water partition coefficient (Wildman–Crippen LogP) is 1.15. The Hall–Kier alpha value is -1.12. The fourth-order valence-electron chi connectivity index (χ4n) is 0.963. The summed E-state index contributed by atoms with van der Waals surface area (Å²) in [6, 6.07) is 0. The molecule has 2 aromatic heterocycles. The Balaban J connectivity index is 1.93. The van der Waals surface area contributed by atoms with Crippen LogP contribution in [0.15, 0.2) is 11.4 Å². The van der Waals surface area contributed by atoms with Crippen LogP contribution in [0.4, 0.5) is 5.13 Å². The molecular weight excluding hydrogens is 232 g/mol. The van der Waals surface area contributed by atoms with Crippen LogP contribution in [0.3, 0.4) is 0 Å². The molecule has 4 N–H and O–H groups in total. The van der Waals surface area contributed by atoms with Gasteiger partial charge in [0.1, 0.15) is 5.82 Å². The maximum atomic E-state index is 5.24. The van der Waals surface area contributed by atoms with Crippen LogP contribution in [0.1, 0.15) is 10.7 Å². The largest absolute Gasteiger partial charge is 0.300 e. The summed E-state index contributed by atoms with van der Waals surface area (Å²) in [5.74, 6) is 6.86. The standard InChI is InChI=1S/C7H10N6S2/c1-4-10-7(13-12-4)14-3-5-2-9-6(11-8)15-5/h2H,3,8H2,1H3,(H,9,11)(H,10,12,13). The van der Waals surface area contributed by atoms with Crippen LogP contribution in [-0.2, 0) is 5.75 Å². The Morgan fingerprint density at radius 3 is 3.13 bits per heavy atom. The van der Waals surface area contributed by atoms with E-state index in [1.807, 2.05) is 6.92 Å². The normalized spacial score (nSPS) is 10.5. The number of aromatic nitrogens is 4. The number of hydrazine groups is 1. The van der Waals surface area contributed by atoms with Crippen LogP contribution in [0.25, 0.3) is 0 Å². The lowest BCUT2D eigenvalue weighted by atomic mass is 10.6. The number of rotatable bonds is 4. The number of thiazole rings is 1. The summed E-state index contributed by atoms with van der Waals surface area (Å²) in [6.45, 7) is 1.88. The molecule has 0 spiro atoms. The molecule has 6 nitrogen and oxygen atoms in total. The van der Waals surface area contributed by atoms with Crippen molar-refractivity contribution >= 4 is 28.2 Å². The number of nitrogens with two attached hydrogens (primary N) is 1. The van der Waals surface area contributed by atoms with Crippen molar-refractivity contribution in [2.24, 2.45) is 5.84 Å². The van der Waals surface area contributed by atoms with Crippen molar-refractivity contribution in [3.63, 3.8) is 0 Å². The van der Waals surface area contributed by atoms with Gasteiger partial charge in [-0.2, -0.15) is 0 Å². The monoisotopic (exact) mass is 242 g/mol. The lowest BCUT2D eigenvalue weighted by molar-refractivity contribution is 0.969. The molecule has 2 rings (SSSR count). The molecule has 0 radical (unpaired) electrons. The second-order valence-corrected chi connectivity index (χ2v) is 4.83. The van der Waals surface area contributed by atoms with E-state index in [-0.39, 0.29) is 0 Å². The first-order chi connectivity index (χ1) is 7.28. The highest BCUT2D eigenvalue weighted by Crippen LogP contribution is 2.24. The summed E-state index contributed by atoms with van der Waals surface area (Å²) >= 11 is 3.09. The van der Waals surface area contributed by atoms with Gasteiger partial charge in [-0.3, -0.25) is 10.5 Å². The number of aromatic amines is 1. The van der Waals surface area contributed by atoms with Gasteiger partial charge in [-0.25, -0.2) is 15.8 Å². The molecule has 2 aromatic rings. The molecule has 0 aliphatic rings. The van der Waals surface area contributed by atoms with Crippen molar-refractivity contribution in [3.8, 4) is 0 Å². The number of thioether (sulfide) groups is 1. The van der Waals surface area contributed by atoms with Crippen molar-refractivity contribution < 1.29 is 0 Å². The van der Waals surface area contributed by atoms with E-state index in [1.165, 1.54) is 11.3 Å². The van der Waals surface area contributed by atoms with Crippen LogP contribution in [0.5, 0.6) is 0 Å². The maximum absolute atomic E-state index is 5.24. The van der Waals surface area contributed by atoms with Gasteiger partial charge >= 0.3 is 0 Å². The number of H-pyrrole nitrogens is 1. The van der Waals surface area contributed by atoms with E-state index in [4.69, 9.17) is 5.84 Å². The number of hydrogen-bond donors (Lipinski definition) is 3. The molecule has 8 heteroatoms. The molecule has 80 valence electrons. The zero-order valence-corrected chi connectivity index (χ0v) is 9.65. The van der Waals surface area contributed by atoms with Gasteiger partial charge in [-0.15, -0.1) is 16.4 Å². The fraction of sp³-hybridized carbons (Fsp3) is 0.286. The molecule has 0 saturated carbocycles. The van der Waals surface area contributed by atoms with Crippen molar-refractivity contribution in [2.45, 2.75) is 17.8 Å². The highest BCUT2D eigenvalue weighted by Gasteiger charge is 2.04. The Morgan fingerprint density at radius 1 is 1.67 bits per heavy atom. The summed E-state index contributed by atoms with van der Waals surface area (Å²) in [5.41, 5.74) is 2.51. The Labute approximate surface area is 94.7 Å². The van der Waals surface area contributed by atoms with Crippen LogP contribution >= 0.6 is 23.1 Å². The average molecular weight is 242 g/mol. The Morgan fingerprint density at radius 2 is 2.53 bits per heavy atom. The summed E-state index contributed by atoms with van der Waals surface area (Å²) in [6.07, 6.45) is 1.80. The number of anilines is 1. The van der Waals surface area contributed by atoms with Gasteiger partial charge in [0.25, 0.3) is 0 Å². The number of nitrogens with one attached hydrogen (secondary N) is 2. The van der Waals surface area contributed by atoms with Gasteiger partial charge in [0.15, 0.2) is 5.13 Å². The second-order valence-electron chi connectivity index (χ2n) is 2.77. The quantitative estimate of drug-likeness (QED) is 0.423. The molecule has 0 unspecified atom stereocenters. The summed E-state index contributed by atoms with van der Waals surface area (Å²) in [7, 11) is 0. The molecular formula is C7H10N6S2. The molecule has 2 heterocycles. The molecule has 0 atom stereocenters. The third kappa shape index (κ3) is 2.67. The minimum atomic E-state index is 0.719. The molecule has 15 heavy (non-hydrogen) atoms. The zero-order valence-electron chi connectivity index (χ0n) is 8.02. The summed E-state index contributed by atoms with van der Waals surface area (Å²) in [5, 5.41) is 8.30. The predicted molar refractivity (Wildman–Crippen MR) is 60.6 cm³/mol. The summed E-state index contributed by atoms with van der Waals surface area (Å²) < 4.78 is 0. The maximum Gasteiger partial charge on any atom is 0.208 e. The van der Waals surface area contributed by atoms with Crippen molar-refractivity contribution in [3.05, 3.63) is 16.9 Å². The van der Waals surface area contributed by atoms with Gasteiger partial charge in [0.2, 0.25) is 5.16 Å². The topological polar surface area (TPSA) is 92.5 Å². The highest BCUT2D eigenvalue weighted by molar-refractivity contribution is 7.98. The fourth-order valence-corrected chi connectivity index (χ4v) is 2.55. The van der Waals surface area contributed by atoms with E-state index in [2.05, 4.69) is 25.6 Å². The first-order valence-electron chi connectivity index (χ1n) is 4.21. The minimum absolute atomic E-state index is 0.719. The number of aryl methyl sites for hydroxylation is 1. The SMILES string of the molecule is Cc1nc(SCc2cnc(NN)s2)n[nH]1. The van der Waals surface area contributed by atoms with Crippen LogP contribution in [0.2, 0.25) is 0 Å². The van der Waals surface area contributed by atoms with E-state index in [0.717, 1.165) is 26.7 Å². The third-order valence-electron chi connectivity index (χ3n) is 1.60. The first-order valence-corrected chi connectivity index (χ1v) is 6.01. The molecule has 0 saturated heterocycles. The van der Waals surface area contributed by atoms with Gasteiger partial charge < -0.3 is 0 Å². The van der Waals surface area contributed by atoms with Crippen LogP contribution < -0.4 is 11.3 Å². The Bertz CT molecular complexity index is 436. The van der Waals surface area contributed by atoms with E-state index in [1.54, 1.807) is 18.0 Å². The second kappa shape index (κ2) is 4.60. The van der Waals surface area contributed by atoms with Gasteiger partial charge in [-0.05, 0) is 6.92 Å². The molecule has 0 aromatic carbocycles.